The number of esters is 2. The minimum absolute atomic E-state index is 0.0409. The SMILES string of the molecule is CCS(=O)(=O)c1ccccc1C(=O)OCc1cc(C(=O)OC)c(C)o1. The largest absolute Gasteiger partial charge is 0.465 e. The second kappa shape index (κ2) is 7.52. The molecular weight excluding hydrogens is 348 g/mol. The van der Waals surface area contributed by atoms with Crippen molar-refractivity contribution in [1.29, 1.82) is 0 Å². The normalized spacial score (nSPS) is 11.2. The number of sulfone groups is 1. The average molecular weight is 366 g/mol. The number of ether oxygens (including phenoxy) is 2. The summed E-state index contributed by atoms with van der Waals surface area (Å²) in [5, 5.41) is 0. The molecule has 134 valence electrons. The Morgan fingerprint density at radius 3 is 2.44 bits per heavy atom. The lowest BCUT2D eigenvalue weighted by atomic mass is 10.2. The van der Waals surface area contributed by atoms with Crippen molar-refractivity contribution in [2.24, 2.45) is 0 Å². The van der Waals surface area contributed by atoms with Gasteiger partial charge in [-0.25, -0.2) is 18.0 Å². The highest BCUT2D eigenvalue weighted by atomic mass is 32.2. The number of hydrogen-bond acceptors (Lipinski definition) is 7. The molecule has 0 saturated carbocycles. The fraction of sp³-hybridized carbons (Fsp3) is 0.294. The third kappa shape index (κ3) is 4.08. The highest BCUT2D eigenvalue weighted by molar-refractivity contribution is 7.91. The molecule has 0 saturated heterocycles. The van der Waals surface area contributed by atoms with Crippen LogP contribution < -0.4 is 0 Å². The predicted molar refractivity (Wildman–Crippen MR) is 88.1 cm³/mol. The summed E-state index contributed by atoms with van der Waals surface area (Å²) < 4.78 is 39.2. The molecule has 0 aliphatic carbocycles. The quantitative estimate of drug-likeness (QED) is 0.724. The number of furan rings is 1. The molecule has 0 bridgehead atoms. The number of carbonyl (C=O) groups is 2. The highest BCUT2D eigenvalue weighted by Crippen LogP contribution is 2.20. The van der Waals surface area contributed by atoms with Crippen LogP contribution in [0.2, 0.25) is 0 Å². The summed E-state index contributed by atoms with van der Waals surface area (Å²) in [5.41, 5.74) is 0.198. The molecule has 8 heteroatoms. The zero-order valence-corrected chi connectivity index (χ0v) is 14.9. The molecule has 1 aromatic carbocycles. The summed E-state index contributed by atoms with van der Waals surface area (Å²) >= 11 is 0. The first-order valence-electron chi connectivity index (χ1n) is 7.46. The standard InChI is InChI=1S/C17H18O7S/c1-4-25(20,21)15-8-6-5-7-13(15)17(19)23-10-12-9-14(11(2)24-12)16(18)22-3/h5-9H,4,10H2,1-3H3. The van der Waals surface area contributed by atoms with Gasteiger partial charge in [0, 0.05) is 0 Å². The first-order chi connectivity index (χ1) is 11.8. The van der Waals surface area contributed by atoms with Gasteiger partial charge in [0.25, 0.3) is 0 Å². The highest BCUT2D eigenvalue weighted by Gasteiger charge is 2.22. The fourth-order valence-corrected chi connectivity index (χ4v) is 3.29. The molecule has 25 heavy (non-hydrogen) atoms. The number of carbonyl (C=O) groups excluding carboxylic acids is 2. The Kier molecular flexibility index (Phi) is 5.63. The van der Waals surface area contributed by atoms with Crippen molar-refractivity contribution in [3.05, 3.63) is 53.0 Å². The molecule has 2 aromatic rings. The summed E-state index contributed by atoms with van der Waals surface area (Å²) in [4.78, 5) is 23.7. The molecule has 0 aliphatic rings. The van der Waals surface area contributed by atoms with Crippen LogP contribution in [-0.4, -0.2) is 33.2 Å². The van der Waals surface area contributed by atoms with Crippen molar-refractivity contribution in [3.63, 3.8) is 0 Å². The van der Waals surface area contributed by atoms with Gasteiger partial charge in [-0.05, 0) is 25.1 Å². The third-order valence-corrected chi connectivity index (χ3v) is 5.33. The Balaban J connectivity index is 2.18. The molecule has 0 radical (unpaired) electrons. The number of rotatable bonds is 6. The molecule has 0 aliphatic heterocycles. The molecule has 1 heterocycles. The summed E-state index contributed by atoms with van der Waals surface area (Å²) in [6.07, 6.45) is 0. The van der Waals surface area contributed by atoms with Crippen molar-refractivity contribution in [2.45, 2.75) is 25.3 Å². The van der Waals surface area contributed by atoms with Gasteiger partial charge in [-0.1, -0.05) is 19.1 Å². The second-order valence-electron chi connectivity index (χ2n) is 5.15. The molecule has 1 aromatic heterocycles. The van der Waals surface area contributed by atoms with Crippen LogP contribution in [0.4, 0.5) is 0 Å². The van der Waals surface area contributed by atoms with Crippen LogP contribution >= 0.6 is 0 Å². The second-order valence-corrected chi connectivity index (χ2v) is 7.40. The van der Waals surface area contributed by atoms with Gasteiger partial charge in [-0.2, -0.15) is 0 Å². The zero-order valence-electron chi connectivity index (χ0n) is 14.1. The topological polar surface area (TPSA) is 99.9 Å². The van der Waals surface area contributed by atoms with Crippen molar-refractivity contribution in [3.8, 4) is 0 Å². The third-order valence-electron chi connectivity index (χ3n) is 3.54. The number of hydrogen-bond donors (Lipinski definition) is 0. The monoisotopic (exact) mass is 366 g/mol. The van der Waals surface area contributed by atoms with E-state index in [0.29, 0.717) is 5.76 Å². The van der Waals surface area contributed by atoms with E-state index in [4.69, 9.17) is 9.15 Å². The van der Waals surface area contributed by atoms with E-state index in [1.54, 1.807) is 13.0 Å². The van der Waals surface area contributed by atoms with Gasteiger partial charge < -0.3 is 13.9 Å². The number of aryl methyl sites for hydroxylation is 1. The van der Waals surface area contributed by atoms with Crippen molar-refractivity contribution < 1.29 is 31.9 Å². The Morgan fingerprint density at radius 1 is 1.12 bits per heavy atom. The Labute approximate surface area is 145 Å². The lowest BCUT2D eigenvalue weighted by Crippen LogP contribution is -2.13. The van der Waals surface area contributed by atoms with E-state index < -0.39 is 21.8 Å². The lowest BCUT2D eigenvalue weighted by molar-refractivity contribution is 0.0439. The van der Waals surface area contributed by atoms with Crippen molar-refractivity contribution >= 4 is 21.8 Å². The van der Waals surface area contributed by atoms with Crippen LogP contribution in [0.1, 0.15) is 39.2 Å². The van der Waals surface area contributed by atoms with Crippen LogP contribution in [0.25, 0.3) is 0 Å². The lowest BCUT2D eigenvalue weighted by Gasteiger charge is -2.08. The Bertz CT molecular complexity index is 893. The van der Waals surface area contributed by atoms with Gasteiger partial charge >= 0.3 is 11.9 Å². The van der Waals surface area contributed by atoms with Gasteiger partial charge in [0.05, 0.1) is 23.3 Å². The van der Waals surface area contributed by atoms with Gasteiger partial charge in [0.2, 0.25) is 0 Å². The average Bonchev–Trinajstić information content (AvgIpc) is 2.99. The summed E-state index contributed by atoms with van der Waals surface area (Å²) in [6, 6.07) is 7.26. The van der Waals surface area contributed by atoms with Crippen LogP contribution in [0.15, 0.2) is 39.6 Å². The smallest absolute Gasteiger partial charge is 0.341 e. The van der Waals surface area contributed by atoms with Gasteiger partial charge in [0.15, 0.2) is 9.84 Å². The summed E-state index contributed by atoms with van der Waals surface area (Å²) in [6.45, 7) is 2.84. The zero-order chi connectivity index (χ0) is 18.6. The Hall–Kier alpha value is -2.61. The molecule has 0 fully saturated rings. The number of methoxy groups -OCH3 is 1. The van der Waals surface area contributed by atoms with Gasteiger partial charge in [-0.15, -0.1) is 0 Å². The van der Waals surface area contributed by atoms with Gasteiger partial charge in [-0.3, -0.25) is 0 Å². The van der Waals surface area contributed by atoms with Crippen LogP contribution in [-0.2, 0) is 25.9 Å². The maximum absolute atomic E-state index is 12.3. The minimum Gasteiger partial charge on any atom is -0.465 e. The summed E-state index contributed by atoms with van der Waals surface area (Å²) in [7, 11) is -2.31. The summed E-state index contributed by atoms with van der Waals surface area (Å²) in [5.74, 6) is -0.884. The van der Waals surface area contributed by atoms with E-state index >= 15 is 0 Å². The van der Waals surface area contributed by atoms with E-state index in [9.17, 15) is 18.0 Å². The molecule has 7 nitrogen and oxygen atoms in total. The molecule has 0 N–H and O–H groups in total. The first-order valence-corrected chi connectivity index (χ1v) is 9.12. The van der Waals surface area contributed by atoms with Crippen molar-refractivity contribution in [1.82, 2.24) is 0 Å². The van der Waals surface area contributed by atoms with Crippen molar-refractivity contribution in [2.75, 3.05) is 12.9 Å². The van der Waals surface area contributed by atoms with Gasteiger partial charge in [0.1, 0.15) is 23.7 Å². The van der Waals surface area contributed by atoms with Crippen LogP contribution in [0.5, 0.6) is 0 Å². The minimum atomic E-state index is -3.56. The molecule has 0 amide bonds. The van der Waals surface area contributed by atoms with Crippen LogP contribution in [0, 0.1) is 6.92 Å². The van der Waals surface area contributed by atoms with E-state index in [-0.39, 0.29) is 34.1 Å². The molecule has 0 unspecified atom stereocenters. The predicted octanol–water partition coefficient (Wildman–Crippen LogP) is 2.53. The van der Waals surface area contributed by atoms with E-state index in [1.165, 1.54) is 38.3 Å². The molecule has 0 atom stereocenters. The molecule has 2 rings (SSSR count). The van der Waals surface area contributed by atoms with E-state index in [0.717, 1.165) is 0 Å². The number of benzene rings is 1. The van der Waals surface area contributed by atoms with Crippen LogP contribution in [0.3, 0.4) is 0 Å². The maximum Gasteiger partial charge on any atom is 0.341 e. The first kappa shape index (κ1) is 18.7. The fourth-order valence-electron chi connectivity index (χ4n) is 2.20. The molecular formula is C17H18O7S. The Morgan fingerprint density at radius 2 is 1.80 bits per heavy atom. The van der Waals surface area contributed by atoms with E-state index in [1.807, 2.05) is 0 Å². The molecule has 0 spiro atoms. The maximum atomic E-state index is 12.3. The van der Waals surface area contributed by atoms with E-state index in [2.05, 4.69) is 4.74 Å².